The molecule has 0 aliphatic carbocycles. The lowest BCUT2D eigenvalue weighted by atomic mass is 10.2. The summed E-state index contributed by atoms with van der Waals surface area (Å²) in [7, 11) is 0. The molecule has 6 nitrogen and oxygen atoms in total. The number of halogens is 1. The maximum Gasteiger partial charge on any atom is 0.311 e. The van der Waals surface area contributed by atoms with Gasteiger partial charge in [0.1, 0.15) is 0 Å². The van der Waals surface area contributed by atoms with Gasteiger partial charge in [-0.1, -0.05) is 0 Å². The second-order valence-corrected chi connectivity index (χ2v) is 4.69. The van der Waals surface area contributed by atoms with E-state index in [0.29, 0.717) is 6.61 Å². The Bertz CT molecular complexity index is 583. The zero-order chi connectivity index (χ0) is 13.1. The van der Waals surface area contributed by atoms with Crippen LogP contribution in [-0.2, 0) is 0 Å². The first kappa shape index (κ1) is 12.8. The number of hydrogen-bond donors (Lipinski definition) is 0. The number of aromatic nitrogens is 2. The Morgan fingerprint density at radius 1 is 1.56 bits per heavy atom. The number of ether oxygens (including phenoxy) is 1. The van der Waals surface area contributed by atoms with Crippen LogP contribution in [0.5, 0.6) is 5.75 Å². The molecular formula is C11H10IN3O3. The molecule has 0 saturated carbocycles. The monoisotopic (exact) mass is 359 g/mol. The number of rotatable bonds is 4. The third-order valence-electron chi connectivity index (χ3n) is 2.26. The Morgan fingerprint density at radius 3 is 2.89 bits per heavy atom. The van der Waals surface area contributed by atoms with Crippen molar-refractivity contribution in [2.24, 2.45) is 0 Å². The minimum Gasteiger partial charge on any atom is -0.487 e. The van der Waals surface area contributed by atoms with Gasteiger partial charge in [-0.15, -0.1) is 0 Å². The highest BCUT2D eigenvalue weighted by atomic mass is 127. The van der Waals surface area contributed by atoms with E-state index in [0.717, 1.165) is 9.26 Å². The van der Waals surface area contributed by atoms with Crippen LogP contribution < -0.4 is 4.74 Å². The van der Waals surface area contributed by atoms with Crippen molar-refractivity contribution in [2.45, 2.75) is 6.92 Å². The fraction of sp³-hybridized carbons (Fsp3) is 0.182. The van der Waals surface area contributed by atoms with Crippen molar-refractivity contribution in [3.63, 3.8) is 0 Å². The predicted octanol–water partition coefficient (Wildman–Crippen LogP) is 2.78. The molecule has 1 aromatic carbocycles. The van der Waals surface area contributed by atoms with E-state index in [2.05, 4.69) is 27.7 Å². The first-order valence-electron chi connectivity index (χ1n) is 5.23. The summed E-state index contributed by atoms with van der Waals surface area (Å²) >= 11 is 2.15. The smallest absolute Gasteiger partial charge is 0.311 e. The van der Waals surface area contributed by atoms with Crippen molar-refractivity contribution in [3.05, 3.63) is 44.3 Å². The molecule has 0 spiro atoms. The van der Waals surface area contributed by atoms with Gasteiger partial charge in [-0.3, -0.25) is 10.1 Å². The van der Waals surface area contributed by atoms with Crippen LogP contribution in [0.4, 0.5) is 5.69 Å². The molecule has 0 aliphatic rings. The molecule has 0 atom stereocenters. The van der Waals surface area contributed by atoms with Gasteiger partial charge in [0, 0.05) is 18.3 Å². The molecule has 0 fully saturated rings. The van der Waals surface area contributed by atoms with Crippen LogP contribution in [0.1, 0.15) is 6.92 Å². The van der Waals surface area contributed by atoms with Gasteiger partial charge in [-0.25, -0.2) is 4.68 Å². The van der Waals surface area contributed by atoms with Gasteiger partial charge < -0.3 is 4.74 Å². The molecule has 0 saturated heterocycles. The van der Waals surface area contributed by atoms with Gasteiger partial charge in [0.05, 0.1) is 27.0 Å². The Kier molecular flexibility index (Phi) is 3.80. The van der Waals surface area contributed by atoms with Crippen molar-refractivity contribution < 1.29 is 9.66 Å². The quantitative estimate of drug-likeness (QED) is 0.478. The third kappa shape index (κ3) is 2.61. The van der Waals surface area contributed by atoms with Gasteiger partial charge in [0.25, 0.3) is 0 Å². The highest BCUT2D eigenvalue weighted by Gasteiger charge is 2.16. The van der Waals surface area contributed by atoms with E-state index in [-0.39, 0.29) is 11.4 Å². The minimum atomic E-state index is -0.457. The van der Waals surface area contributed by atoms with Gasteiger partial charge in [-0.2, -0.15) is 5.10 Å². The van der Waals surface area contributed by atoms with Crippen molar-refractivity contribution in [1.82, 2.24) is 9.78 Å². The third-order valence-corrected chi connectivity index (χ3v) is 2.81. The molecule has 7 heteroatoms. The molecule has 0 amide bonds. The lowest BCUT2D eigenvalue weighted by molar-refractivity contribution is -0.385. The zero-order valence-corrected chi connectivity index (χ0v) is 11.7. The first-order chi connectivity index (χ1) is 8.61. The van der Waals surface area contributed by atoms with E-state index >= 15 is 0 Å². The molecule has 1 aromatic heterocycles. The lowest BCUT2D eigenvalue weighted by Gasteiger charge is -2.07. The molecule has 0 N–H and O–H groups in total. The highest BCUT2D eigenvalue weighted by Crippen LogP contribution is 2.29. The molecule has 0 unspecified atom stereocenters. The second kappa shape index (κ2) is 5.34. The number of nitro benzene ring substituents is 1. The Morgan fingerprint density at radius 2 is 2.33 bits per heavy atom. The topological polar surface area (TPSA) is 70.2 Å². The van der Waals surface area contributed by atoms with E-state index in [9.17, 15) is 10.1 Å². The fourth-order valence-corrected chi connectivity index (χ4v) is 1.90. The van der Waals surface area contributed by atoms with Crippen molar-refractivity contribution in [2.75, 3.05) is 6.61 Å². The zero-order valence-electron chi connectivity index (χ0n) is 9.54. The second-order valence-electron chi connectivity index (χ2n) is 3.45. The summed E-state index contributed by atoms with van der Waals surface area (Å²) in [4.78, 5) is 10.4. The van der Waals surface area contributed by atoms with Crippen LogP contribution in [0.15, 0.2) is 30.6 Å². The summed E-state index contributed by atoms with van der Waals surface area (Å²) in [6.45, 7) is 2.16. The average Bonchev–Trinajstić information content (AvgIpc) is 2.76. The molecule has 2 rings (SSSR count). The van der Waals surface area contributed by atoms with Crippen LogP contribution in [0, 0.1) is 13.7 Å². The molecule has 1 heterocycles. The van der Waals surface area contributed by atoms with Gasteiger partial charge in [0.2, 0.25) is 0 Å². The molecular weight excluding hydrogens is 349 g/mol. The van der Waals surface area contributed by atoms with Crippen molar-refractivity contribution in [1.29, 1.82) is 0 Å². The fourth-order valence-electron chi connectivity index (χ4n) is 1.51. The van der Waals surface area contributed by atoms with E-state index < -0.39 is 4.92 Å². The SMILES string of the molecule is CCOc1cc(-n2cc(I)cn2)ccc1[N+](=O)[O-]. The number of nitrogens with zero attached hydrogens (tertiary/aromatic N) is 3. The largest absolute Gasteiger partial charge is 0.487 e. The maximum absolute atomic E-state index is 10.9. The van der Waals surface area contributed by atoms with E-state index in [1.54, 1.807) is 29.9 Å². The van der Waals surface area contributed by atoms with Crippen LogP contribution in [-0.4, -0.2) is 21.3 Å². The van der Waals surface area contributed by atoms with Gasteiger partial charge in [-0.05, 0) is 35.6 Å². The molecule has 0 aliphatic heterocycles. The van der Waals surface area contributed by atoms with Crippen molar-refractivity contribution in [3.8, 4) is 11.4 Å². The number of hydrogen-bond acceptors (Lipinski definition) is 4. The van der Waals surface area contributed by atoms with E-state index in [1.165, 1.54) is 6.07 Å². The molecule has 0 radical (unpaired) electrons. The minimum absolute atomic E-state index is 0.0394. The average molecular weight is 359 g/mol. The summed E-state index contributed by atoms with van der Waals surface area (Å²) in [5.41, 5.74) is 0.689. The number of nitro groups is 1. The summed E-state index contributed by atoms with van der Waals surface area (Å²) in [5, 5.41) is 15.0. The standard InChI is InChI=1S/C11H10IN3O3/c1-2-18-11-5-9(3-4-10(11)15(16)17)14-7-8(12)6-13-14/h3-7H,2H2,1H3. The summed E-state index contributed by atoms with van der Waals surface area (Å²) < 4.78 is 7.92. The van der Waals surface area contributed by atoms with Crippen molar-refractivity contribution >= 4 is 28.3 Å². The van der Waals surface area contributed by atoms with Gasteiger partial charge >= 0.3 is 5.69 Å². The summed E-state index contributed by atoms with van der Waals surface area (Å²) in [6, 6.07) is 4.68. The normalized spacial score (nSPS) is 10.3. The lowest BCUT2D eigenvalue weighted by Crippen LogP contribution is -2.00. The summed E-state index contributed by atoms with van der Waals surface area (Å²) in [5.74, 6) is 0.255. The predicted molar refractivity (Wildman–Crippen MR) is 74.1 cm³/mol. The summed E-state index contributed by atoms with van der Waals surface area (Å²) in [6.07, 6.45) is 3.54. The van der Waals surface area contributed by atoms with Gasteiger partial charge in [0.15, 0.2) is 5.75 Å². The van der Waals surface area contributed by atoms with Crippen LogP contribution in [0.25, 0.3) is 5.69 Å². The van der Waals surface area contributed by atoms with Crippen LogP contribution in [0.2, 0.25) is 0 Å². The molecule has 0 bridgehead atoms. The molecule has 18 heavy (non-hydrogen) atoms. The Labute approximate surface area is 117 Å². The maximum atomic E-state index is 10.9. The highest BCUT2D eigenvalue weighted by molar-refractivity contribution is 14.1. The molecule has 94 valence electrons. The number of benzene rings is 1. The van der Waals surface area contributed by atoms with Crippen LogP contribution >= 0.6 is 22.6 Å². The Hall–Kier alpha value is -1.64. The van der Waals surface area contributed by atoms with E-state index in [1.807, 2.05) is 6.20 Å². The van der Waals surface area contributed by atoms with E-state index in [4.69, 9.17) is 4.74 Å². The van der Waals surface area contributed by atoms with Crippen LogP contribution in [0.3, 0.4) is 0 Å². The molecule has 2 aromatic rings. The first-order valence-corrected chi connectivity index (χ1v) is 6.31. The Balaban J connectivity index is 2.45.